The molecule has 104 valence electrons. The van der Waals surface area contributed by atoms with Gasteiger partial charge in [0.05, 0.1) is 5.56 Å². The van der Waals surface area contributed by atoms with Gasteiger partial charge in [-0.2, -0.15) is 0 Å². The van der Waals surface area contributed by atoms with E-state index < -0.39 is 5.97 Å². The zero-order valence-electron chi connectivity index (χ0n) is 11.1. The highest BCUT2D eigenvalue weighted by molar-refractivity contribution is 14.1. The summed E-state index contributed by atoms with van der Waals surface area (Å²) >= 11 is 2.06. The van der Waals surface area contributed by atoms with Crippen LogP contribution < -0.4 is 5.32 Å². The Morgan fingerprint density at radius 2 is 2.00 bits per heavy atom. The van der Waals surface area contributed by atoms with Crippen molar-refractivity contribution in [3.63, 3.8) is 0 Å². The van der Waals surface area contributed by atoms with Crippen LogP contribution in [-0.2, 0) is 9.53 Å². The third-order valence-corrected chi connectivity index (χ3v) is 3.41. The van der Waals surface area contributed by atoms with E-state index in [2.05, 4.69) is 41.8 Å². The van der Waals surface area contributed by atoms with Gasteiger partial charge in [-0.3, -0.25) is 4.79 Å². The molecule has 0 aromatic heterocycles. The first-order valence-corrected chi connectivity index (χ1v) is 7.27. The van der Waals surface area contributed by atoms with E-state index in [0.717, 1.165) is 9.99 Å². The summed E-state index contributed by atoms with van der Waals surface area (Å²) < 4.78 is 5.78. The maximum Gasteiger partial charge on any atom is 0.339 e. The minimum absolute atomic E-state index is 0.234. The Labute approximate surface area is 127 Å². The summed E-state index contributed by atoms with van der Waals surface area (Å²) in [5.41, 5.74) is 0.484. The van der Waals surface area contributed by atoms with Crippen molar-refractivity contribution < 1.29 is 14.3 Å². The van der Waals surface area contributed by atoms with E-state index in [0.29, 0.717) is 18.0 Å². The van der Waals surface area contributed by atoms with Crippen molar-refractivity contribution in [2.45, 2.75) is 20.3 Å². The second kappa shape index (κ2) is 8.14. The van der Waals surface area contributed by atoms with E-state index in [4.69, 9.17) is 4.74 Å². The monoisotopic (exact) mass is 375 g/mol. The first-order chi connectivity index (χ1) is 9.00. The number of carbonyl (C=O) groups is 2. The molecule has 0 unspecified atom stereocenters. The maximum absolute atomic E-state index is 11.7. The van der Waals surface area contributed by atoms with Gasteiger partial charge in [0.2, 0.25) is 0 Å². The maximum atomic E-state index is 11.7. The molecule has 0 spiro atoms. The van der Waals surface area contributed by atoms with Crippen molar-refractivity contribution >= 4 is 34.5 Å². The summed E-state index contributed by atoms with van der Waals surface area (Å²) in [4.78, 5) is 23.2. The Kier molecular flexibility index (Phi) is 6.83. The van der Waals surface area contributed by atoms with E-state index in [1.165, 1.54) is 0 Å². The fourth-order valence-electron chi connectivity index (χ4n) is 1.39. The van der Waals surface area contributed by atoms with Crippen LogP contribution in [0, 0.1) is 9.49 Å². The number of nitrogens with one attached hydrogen (secondary N) is 1. The minimum atomic E-state index is -0.469. The second-order valence-electron chi connectivity index (χ2n) is 4.59. The highest BCUT2D eigenvalue weighted by Crippen LogP contribution is 2.12. The quantitative estimate of drug-likeness (QED) is 0.615. The Hall–Kier alpha value is -1.11. The Bertz CT molecular complexity index is 446. The SMILES string of the molecule is CC(C)CCNC(=O)COC(=O)c1ccccc1I. The van der Waals surface area contributed by atoms with E-state index >= 15 is 0 Å². The smallest absolute Gasteiger partial charge is 0.339 e. The molecule has 0 saturated heterocycles. The number of hydrogen-bond acceptors (Lipinski definition) is 3. The van der Waals surface area contributed by atoms with E-state index in [1.54, 1.807) is 12.1 Å². The van der Waals surface area contributed by atoms with Gasteiger partial charge < -0.3 is 10.1 Å². The van der Waals surface area contributed by atoms with Gasteiger partial charge in [-0.1, -0.05) is 26.0 Å². The molecule has 0 saturated carbocycles. The predicted octanol–water partition coefficient (Wildman–Crippen LogP) is 2.61. The van der Waals surface area contributed by atoms with E-state index in [-0.39, 0.29) is 12.5 Å². The van der Waals surface area contributed by atoms with Gasteiger partial charge in [0.15, 0.2) is 6.61 Å². The summed E-state index contributed by atoms with van der Waals surface area (Å²) in [6.45, 7) is 4.55. The third-order valence-electron chi connectivity index (χ3n) is 2.47. The molecular formula is C14H18INO3. The molecule has 1 aromatic rings. The molecule has 1 amide bonds. The highest BCUT2D eigenvalue weighted by Gasteiger charge is 2.12. The molecule has 0 atom stereocenters. The van der Waals surface area contributed by atoms with Crippen LogP contribution in [0.1, 0.15) is 30.6 Å². The number of amides is 1. The predicted molar refractivity (Wildman–Crippen MR) is 81.9 cm³/mol. The lowest BCUT2D eigenvalue weighted by atomic mass is 10.1. The topological polar surface area (TPSA) is 55.4 Å². The standard InChI is InChI=1S/C14H18INO3/c1-10(2)7-8-16-13(17)9-19-14(18)11-5-3-4-6-12(11)15/h3-6,10H,7-9H2,1-2H3,(H,16,17). The zero-order chi connectivity index (χ0) is 14.3. The Balaban J connectivity index is 2.34. The molecular weight excluding hydrogens is 357 g/mol. The lowest BCUT2D eigenvalue weighted by Gasteiger charge is -2.08. The normalized spacial score (nSPS) is 10.3. The van der Waals surface area contributed by atoms with Crippen molar-refractivity contribution in [2.75, 3.05) is 13.2 Å². The fraction of sp³-hybridized carbons (Fsp3) is 0.429. The van der Waals surface area contributed by atoms with E-state index in [9.17, 15) is 9.59 Å². The largest absolute Gasteiger partial charge is 0.452 e. The zero-order valence-corrected chi connectivity index (χ0v) is 13.3. The Morgan fingerprint density at radius 3 is 2.63 bits per heavy atom. The third kappa shape index (κ3) is 6.04. The minimum Gasteiger partial charge on any atom is -0.452 e. The average molecular weight is 375 g/mol. The number of carbonyl (C=O) groups excluding carboxylic acids is 2. The van der Waals surface area contributed by atoms with Crippen LogP contribution in [-0.4, -0.2) is 25.0 Å². The van der Waals surface area contributed by atoms with Gasteiger partial charge in [-0.25, -0.2) is 4.79 Å². The van der Waals surface area contributed by atoms with Crippen LogP contribution in [0.5, 0.6) is 0 Å². The molecule has 0 heterocycles. The first kappa shape index (κ1) is 15.9. The van der Waals surface area contributed by atoms with Crippen molar-refractivity contribution in [3.05, 3.63) is 33.4 Å². The molecule has 0 bridgehead atoms. The van der Waals surface area contributed by atoms with Crippen molar-refractivity contribution in [1.82, 2.24) is 5.32 Å². The molecule has 0 aliphatic heterocycles. The van der Waals surface area contributed by atoms with Crippen LogP contribution in [0.25, 0.3) is 0 Å². The van der Waals surface area contributed by atoms with Crippen LogP contribution >= 0.6 is 22.6 Å². The summed E-state index contributed by atoms with van der Waals surface area (Å²) in [6, 6.07) is 7.11. The van der Waals surface area contributed by atoms with Crippen LogP contribution in [0.4, 0.5) is 0 Å². The molecule has 1 rings (SSSR count). The van der Waals surface area contributed by atoms with Crippen LogP contribution in [0.2, 0.25) is 0 Å². The molecule has 1 aromatic carbocycles. The molecule has 19 heavy (non-hydrogen) atoms. The second-order valence-corrected chi connectivity index (χ2v) is 5.75. The number of halogens is 1. The molecule has 0 radical (unpaired) electrons. The molecule has 0 aliphatic carbocycles. The fourth-order valence-corrected chi connectivity index (χ4v) is 1.99. The van der Waals surface area contributed by atoms with Gasteiger partial charge in [-0.05, 0) is 47.1 Å². The highest BCUT2D eigenvalue weighted by atomic mass is 127. The van der Waals surface area contributed by atoms with Gasteiger partial charge in [-0.15, -0.1) is 0 Å². The number of hydrogen-bond donors (Lipinski definition) is 1. The Morgan fingerprint density at radius 1 is 1.32 bits per heavy atom. The van der Waals surface area contributed by atoms with Gasteiger partial charge in [0.25, 0.3) is 5.91 Å². The average Bonchev–Trinajstić information content (AvgIpc) is 2.36. The lowest BCUT2D eigenvalue weighted by Crippen LogP contribution is -2.30. The van der Waals surface area contributed by atoms with Crippen LogP contribution in [0.3, 0.4) is 0 Å². The summed E-state index contributed by atoms with van der Waals surface area (Å²) in [5.74, 6) is -0.197. The van der Waals surface area contributed by atoms with Gasteiger partial charge >= 0.3 is 5.97 Å². The summed E-state index contributed by atoms with van der Waals surface area (Å²) in [5, 5.41) is 2.72. The summed E-state index contributed by atoms with van der Waals surface area (Å²) in [6.07, 6.45) is 0.913. The van der Waals surface area contributed by atoms with Crippen molar-refractivity contribution in [2.24, 2.45) is 5.92 Å². The molecule has 1 N–H and O–H groups in total. The molecule has 5 heteroatoms. The van der Waals surface area contributed by atoms with Crippen molar-refractivity contribution in [1.29, 1.82) is 0 Å². The van der Waals surface area contributed by atoms with Gasteiger partial charge in [0, 0.05) is 10.1 Å². The molecule has 0 aliphatic rings. The number of ether oxygens (including phenoxy) is 1. The summed E-state index contributed by atoms with van der Waals surface area (Å²) in [7, 11) is 0. The number of rotatable bonds is 6. The van der Waals surface area contributed by atoms with Crippen LogP contribution in [0.15, 0.2) is 24.3 Å². The van der Waals surface area contributed by atoms with Crippen molar-refractivity contribution in [3.8, 4) is 0 Å². The van der Waals surface area contributed by atoms with Gasteiger partial charge in [0.1, 0.15) is 0 Å². The first-order valence-electron chi connectivity index (χ1n) is 6.19. The molecule has 0 fully saturated rings. The molecule has 4 nitrogen and oxygen atoms in total. The number of benzene rings is 1. The lowest BCUT2D eigenvalue weighted by molar-refractivity contribution is -0.124. The van der Waals surface area contributed by atoms with E-state index in [1.807, 2.05) is 12.1 Å². The number of esters is 1.